The van der Waals surface area contributed by atoms with Gasteiger partial charge in [-0.05, 0) is 30.2 Å². The van der Waals surface area contributed by atoms with E-state index in [1.807, 2.05) is 13.0 Å². The summed E-state index contributed by atoms with van der Waals surface area (Å²) in [5.41, 5.74) is 1.51. The van der Waals surface area contributed by atoms with Crippen LogP contribution in [0.5, 0.6) is 0 Å². The molecule has 0 saturated heterocycles. The van der Waals surface area contributed by atoms with Crippen LogP contribution in [0.2, 0.25) is 0 Å². The number of hydrogen-bond donors (Lipinski definition) is 1. The van der Waals surface area contributed by atoms with Gasteiger partial charge in [-0.2, -0.15) is 0 Å². The monoisotopic (exact) mass is 311 g/mol. The van der Waals surface area contributed by atoms with Gasteiger partial charge >= 0.3 is 0 Å². The van der Waals surface area contributed by atoms with Crippen molar-refractivity contribution in [2.75, 3.05) is 9.93 Å². The van der Waals surface area contributed by atoms with E-state index in [4.69, 9.17) is 11.6 Å². The molecule has 0 atom stereocenters. The smallest absolute Gasteiger partial charge is 0.246 e. The molecule has 0 radical (unpaired) electrons. The number of nitrogens with one attached hydrogen (secondary N) is 1. The number of rotatable bonds is 4. The Bertz CT molecular complexity index is 447. The average Bonchev–Trinajstić information content (AvgIpc) is 2.20. The highest BCUT2D eigenvalue weighted by atomic mass is 79.9. The Morgan fingerprint density at radius 3 is 2.67 bits per heavy atom. The molecule has 15 heavy (non-hydrogen) atoms. The van der Waals surface area contributed by atoms with Crippen molar-refractivity contribution in [3.05, 3.63) is 28.2 Å². The van der Waals surface area contributed by atoms with E-state index in [0.717, 1.165) is 16.5 Å². The fraction of sp³-hybridized carbons (Fsp3) is 0.333. The van der Waals surface area contributed by atoms with Gasteiger partial charge < -0.3 is 0 Å². The van der Waals surface area contributed by atoms with Crippen LogP contribution in [0.1, 0.15) is 12.5 Å². The Hall–Kier alpha value is -0.260. The molecular weight excluding hydrogens is 302 g/mol. The van der Waals surface area contributed by atoms with Gasteiger partial charge in [0.1, 0.15) is 5.21 Å². The summed E-state index contributed by atoms with van der Waals surface area (Å²) in [6.45, 7) is 1.96. The van der Waals surface area contributed by atoms with Crippen molar-refractivity contribution in [2.45, 2.75) is 13.3 Å². The minimum atomic E-state index is -3.42. The van der Waals surface area contributed by atoms with Crippen LogP contribution in [0.25, 0.3) is 0 Å². The SMILES string of the molecule is CCc1cc(Br)ccc1NS(=O)(=O)CCl. The van der Waals surface area contributed by atoms with Crippen molar-refractivity contribution in [3.63, 3.8) is 0 Å². The van der Waals surface area contributed by atoms with Gasteiger partial charge in [0.2, 0.25) is 10.0 Å². The molecule has 0 unspecified atom stereocenters. The fourth-order valence-corrected chi connectivity index (χ4v) is 2.31. The van der Waals surface area contributed by atoms with E-state index in [1.54, 1.807) is 12.1 Å². The van der Waals surface area contributed by atoms with Crippen molar-refractivity contribution >= 4 is 43.2 Å². The molecule has 0 spiro atoms. The zero-order chi connectivity index (χ0) is 11.5. The molecule has 0 fully saturated rings. The van der Waals surface area contributed by atoms with Crippen LogP contribution >= 0.6 is 27.5 Å². The van der Waals surface area contributed by atoms with E-state index in [2.05, 4.69) is 20.7 Å². The first kappa shape index (κ1) is 12.8. The summed E-state index contributed by atoms with van der Waals surface area (Å²) < 4.78 is 25.9. The molecule has 0 bridgehead atoms. The summed E-state index contributed by atoms with van der Waals surface area (Å²) >= 11 is 8.64. The molecule has 6 heteroatoms. The van der Waals surface area contributed by atoms with Gasteiger partial charge in [0.05, 0.1) is 5.69 Å². The number of alkyl halides is 1. The van der Waals surface area contributed by atoms with Gasteiger partial charge in [0.25, 0.3) is 0 Å². The van der Waals surface area contributed by atoms with E-state index in [-0.39, 0.29) is 0 Å². The van der Waals surface area contributed by atoms with Crippen LogP contribution < -0.4 is 4.72 Å². The first-order chi connectivity index (χ1) is 6.98. The first-order valence-corrected chi connectivity index (χ1v) is 7.31. The maximum Gasteiger partial charge on any atom is 0.246 e. The zero-order valence-electron chi connectivity index (χ0n) is 8.13. The molecule has 1 aromatic carbocycles. The molecule has 0 saturated carbocycles. The van der Waals surface area contributed by atoms with Gasteiger partial charge in [0, 0.05) is 4.47 Å². The third-order valence-corrected chi connectivity index (χ3v) is 4.03. The van der Waals surface area contributed by atoms with E-state index < -0.39 is 15.2 Å². The third kappa shape index (κ3) is 3.66. The maximum atomic E-state index is 11.3. The highest BCUT2D eigenvalue weighted by Gasteiger charge is 2.10. The molecule has 3 nitrogen and oxygen atoms in total. The summed E-state index contributed by atoms with van der Waals surface area (Å²) in [5, 5.41) is -0.438. The van der Waals surface area contributed by atoms with Crippen molar-refractivity contribution < 1.29 is 8.42 Å². The first-order valence-electron chi connectivity index (χ1n) is 4.33. The Kier molecular flexibility index (Phi) is 4.43. The Labute approximate surface area is 103 Å². The molecule has 84 valence electrons. The van der Waals surface area contributed by atoms with Crippen molar-refractivity contribution in [1.29, 1.82) is 0 Å². The number of benzene rings is 1. The molecule has 0 aliphatic heterocycles. The van der Waals surface area contributed by atoms with E-state index in [0.29, 0.717) is 5.69 Å². The lowest BCUT2D eigenvalue weighted by molar-refractivity contribution is 0.605. The maximum absolute atomic E-state index is 11.3. The lowest BCUT2D eigenvalue weighted by Crippen LogP contribution is -2.14. The minimum Gasteiger partial charge on any atom is -0.282 e. The predicted molar refractivity (Wildman–Crippen MR) is 66.8 cm³/mol. The molecule has 0 aliphatic rings. The number of halogens is 2. The summed E-state index contributed by atoms with van der Waals surface area (Å²) in [4.78, 5) is 0. The van der Waals surface area contributed by atoms with Crippen LogP contribution in [0.4, 0.5) is 5.69 Å². The summed E-state index contributed by atoms with van der Waals surface area (Å²) in [5.74, 6) is 0. The number of sulfonamides is 1. The number of hydrogen-bond acceptors (Lipinski definition) is 2. The van der Waals surface area contributed by atoms with Gasteiger partial charge in [-0.25, -0.2) is 8.42 Å². The van der Waals surface area contributed by atoms with Crippen molar-refractivity contribution in [2.24, 2.45) is 0 Å². The molecule has 1 N–H and O–H groups in total. The van der Waals surface area contributed by atoms with Crippen molar-refractivity contribution in [3.8, 4) is 0 Å². The molecule has 0 amide bonds. The second-order valence-corrected chi connectivity index (χ2v) is 6.20. The van der Waals surface area contributed by atoms with Gasteiger partial charge in [-0.1, -0.05) is 22.9 Å². The van der Waals surface area contributed by atoms with Gasteiger partial charge in [0.15, 0.2) is 0 Å². The van der Waals surface area contributed by atoms with E-state index >= 15 is 0 Å². The zero-order valence-corrected chi connectivity index (χ0v) is 11.3. The van der Waals surface area contributed by atoms with Crippen LogP contribution in [-0.2, 0) is 16.4 Å². The Morgan fingerprint density at radius 2 is 2.13 bits per heavy atom. The fourth-order valence-electron chi connectivity index (χ4n) is 1.15. The summed E-state index contributed by atoms with van der Waals surface area (Å²) in [7, 11) is -3.42. The average molecular weight is 313 g/mol. The Morgan fingerprint density at radius 1 is 1.47 bits per heavy atom. The highest BCUT2D eigenvalue weighted by molar-refractivity contribution is 9.10. The second-order valence-electron chi connectivity index (χ2n) is 2.98. The topological polar surface area (TPSA) is 46.2 Å². The molecule has 1 rings (SSSR count). The minimum absolute atomic E-state index is 0.438. The lowest BCUT2D eigenvalue weighted by atomic mass is 10.1. The van der Waals surface area contributed by atoms with Crippen LogP contribution in [0.15, 0.2) is 22.7 Å². The van der Waals surface area contributed by atoms with Crippen LogP contribution in [0.3, 0.4) is 0 Å². The predicted octanol–water partition coefficient (Wildman–Crippen LogP) is 2.95. The van der Waals surface area contributed by atoms with E-state index in [9.17, 15) is 8.42 Å². The van der Waals surface area contributed by atoms with E-state index in [1.165, 1.54) is 0 Å². The van der Waals surface area contributed by atoms with Gasteiger partial charge in [-0.3, -0.25) is 4.72 Å². The molecule has 0 aliphatic carbocycles. The van der Waals surface area contributed by atoms with Crippen molar-refractivity contribution in [1.82, 2.24) is 0 Å². The standard InChI is InChI=1S/C9H11BrClNO2S/c1-2-7-5-8(10)3-4-9(7)12-15(13,14)6-11/h3-5,12H,2,6H2,1H3. The number of aryl methyl sites for hydroxylation is 1. The summed E-state index contributed by atoms with van der Waals surface area (Å²) in [6, 6.07) is 5.38. The highest BCUT2D eigenvalue weighted by Crippen LogP contribution is 2.22. The number of anilines is 1. The lowest BCUT2D eigenvalue weighted by Gasteiger charge is -2.10. The summed E-state index contributed by atoms with van der Waals surface area (Å²) in [6.07, 6.45) is 0.750. The normalized spacial score (nSPS) is 11.4. The quantitative estimate of drug-likeness (QED) is 0.869. The molecular formula is C9H11BrClNO2S. The second kappa shape index (κ2) is 5.18. The van der Waals surface area contributed by atoms with Crippen LogP contribution in [-0.4, -0.2) is 13.6 Å². The molecule has 0 aromatic heterocycles. The molecule has 0 heterocycles. The Balaban J connectivity index is 3.05. The third-order valence-electron chi connectivity index (χ3n) is 1.86. The largest absolute Gasteiger partial charge is 0.282 e. The molecule has 1 aromatic rings. The van der Waals surface area contributed by atoms with Gasteiger partial charge in [-0.15, -0.1) is 11.6 Å². The van der Waals surface area contributed by atoms with Crippen LogP contribution in [0, 0.1) is 0 Å².